The van der Waals surface area contributed by atoms with E-state index in [1.165, 1.54) is 39.9 Å². The van der Waals surface area contributed by atoms with Crippen molar-refractivity contribution in [2.24, 2.45) is 5.73 Å². The Labute approximate surface area is 211 Å². The maximum absolute atomic E-state index is 13.1. The lowest BCUT2D eigenvalue weighted by Crippen LogP contribution is -2.55. The molecule has 2 aromatic rings. The number of piperidine rings is 1. The Balaban J connectivity index is 1.60. The van der Waals surface area contributed by atoms with E-state index < -0.39 is 27.4 Å². The smallest absolute Gasteiger partial charge is 0.256 e. The van der Waals surface area contributed by atoms with Crippen molar-refractivity contribution in [3.8, 4) is 0 Å². The summed E-state index contributed by atoms with van der Waals surface area (Å²) in [6.45, 7) is 10.7. The van der Waals surface area contributed by atoms with Gasteiger partial charge >= 0.3 is 0 Å². The van der Waals surface area contributed by atoms with E-state index >= 15 is 0 Å². The number of benzene rings is 1. The zero-order chi connectivity index (χ0) is 25.8. The molecule has 1 atom stereocenters. The van der Waals surface area contributed by atoms with Gasteiger partial charge in [-0.1, -0.05) is 6.42 Å². The van der Waals surface area contributed by atoms with E-state index in [-0.39, 0.29) is 16.5 Å². The Kier molecular flexibility index (Phi) is 6.63. The molecule has 35 heavy (non-hydrogen) atoms. The average molecular weight is 519 g/mol. The molecule has 2 aliphatic rings. The summed E-state index contributed by atoms with van der Waals surface area (Å²) < 4.78 is 27.7. The van der Waals surface area contributed by atoms with E-state index in [9.17, 15) is 18.0 Å². The number of carbonyl (C=O) groups is 2. The third-order valence-electron chi connectivity index (χ3n) is 6.78. The Bertz CT molecular complexity index is 1260. The highest BCUT2D eigenvalue weighted by Gasteiger charge is 2.41. The topological polar surface area (TPSA) is 122 Å². The minimum absolute atomic E-state index is 0.0440. The number of sulfonamides is 1. The van der Waals surface area contributed by atoms with Crippen molar-refractivity contribution in [3.05, 3.63) is 45.8 Å². The zero-order valence-electron chi connectivity index (χ0n) is 20.9. The van der Waals surface area contributed by atoms with Gasteiger partial charge in [-0.25, -0.2) is 8.42 Å². The largest absolute Gasteiger partial charge is 0.365 e. The number of amides is 2. The Morgan fingerprint density at radius 2 is 1.80 bits per heavy atom. The molecule has 2 aliphatic heterocycles. The van der Waals surface area contributed by atoms with Crippen LogP contribution in [0.15, 0.2) is 29.2 Å². The summed E-state index contributed by atoms with van der Waals surface area (Å²) in [7, 11) is -3.62. The highest BCUT2D eigenvalue weighted by Crippen LogP contribution is 2.45. The highest BCUT2D eigenvalue weighted by atomic mass is 32.2. The first-order valence-electron chi connectivity index (χ1n) is 11.9. The lowest BCUT2D eigenvalue weighted by molar-refractivity contribution is 0.0999. The maximum atomic E-state index is 13.1. The van der Waals surface area contributed by atoms with E-state index in [0.29, 0.717) is 29.1 Å². The number of hydrogen-bond donors (Lipinski definition) is 3. The minimum atomic E-state index is -3.62. The zero-order valence-corrected chi connectivity index (χ0v) is 22.5. The molecule has 0 bridgehead atoms. The van der Waals surface area contributed by atoms with Gasteiger partial charge in [-0.3, -0.25) is 9.59 Å². The van der Waals surface area contributed by atoms with Crippen LogP contribution < -0.4 is 16.4 Å². The number of hydrogen-bond acceptors (Lipinski definition) is 6. The maximum Gasteiger partial charge on any atom is 0.256 e. The number of rotatable bonds is 5. The second kappa shape index (κ2) is 8.99. The van der Waals surface area contributed by atoms with Gasteiger partial charge < -0.3 is 16.4 Å². The third-order valence-corrected chi connectivity index (χ3v) is 10.3. The molecule has 8 nitrogen and oxygen atoms in total. The number of anilines is 1. The van der Waals surface area contributed by atoms with Crippen LogP contribution in [0.5, 0.6) is 0 Å². The minimum Gasteiger partial charge on any atom is -0.365 e. The molecule has 0 spiro atoms. The molecule has 2 amide bonds. The summed E-state index contributed by atoms with van der Waals surface area (Å²) in [5.74, 6) is -1.00. The van der Waals surface area contributed by atoms with Crippen LogP contribution in [-0.4, -0.2) is 42.7 Å². The molecule has 0 aliphatic carbocycles. The Hall–Kier alpha value is -2.27. The quantitative estimate of drug-likeness (QED) is 0.556. The number of thiophene rings is 1. The molecule has 10 heteroatoms. The Morgan fingerprint density at radius 3 is 2.40 bits per heavy atom. The SMILES string of the molecule is C[C@H]1CCCCN1S(=O)(=O)c1ccc(C(=O)Nc2sc3c(c2C(N)=O)CC(C)(C)NC3(C)C)cc1. The fraction of sp³-hybridized carbons (Fsp3) is 0.520. The highest BCUT2D eigenvalue weighted by molar-refractivity contribution is 7.89. The standard InChI is InChI=1S/C25H34N4O4S2/c1-15-8-6-7-13-29(15)35(32,33)17-11-9-16(10-12-17)22(31)27-23-19(21(26)30)18-14-24(2,3)28-25(4,5)20(18)34-23/h9-12,15,28H,6-8,13-14H2,1-5H3,(H2,26,30)(H,27,31)/t15-/m0/s1. The number of nitrogens with zero attached hydrogens (tertiary/aromatic N) is 1. The van der Waals surface area contributed by atoms with Crippen LogP contribution in [0, 0.1) is 0 Å². The van der Waals surface area contributed by atoms with Crippen LogP contribution in [0.25, 0.3) is 0 Å². The number of primary amides is 1. The van der Waals surface area contributed by atoms with E-state index in [1.807, 2.05) is 20.8 Å². The van der Waals surface area contributed by atoms with Gasteiger partial charge in [0.25, 0.3) is 11.8 Å². The molecule has 0 radical (unpaired) electrons. The van der Waals surface area contributed by atoms with E-state index in [1.54, 1.807) is 0 Å². The van der Waals surface area contributed by atoms with Crippen LogP contribution in [0.3, 0.4) is 0 Å². The van der Waals surface area contributed by atoms with E-state index in [4.69, 9.17) is 5.73 Å². The molecular formula is C25H34N4O4S2. The van der Waals surface area contributed by atoms with Crippen LogP contribution in [0.2, 0.25) is 0 Å². The van der Waals surface area contributed by atoms with Gasteiger partial charge in [0.05, 0.1) is 10.5 Å². The number of fused-ring (bicyclic) bond motifs is 1. The molecule has 1 aromatic heterocycles. The average Bonchev–Trinajstić information content (AvgIpc) is 3.11. The molecule has 4 rings (SSSR count). The van der Waals surface area contributed by atoms with Crippen molar-refractivity contribution >= 4 is 38.2 Å². The van der Waals surface area contributed by atoms with Gasteiger partial charge in [0.1, 0.15) is 5.00 Å². The predicted octanol–water partition coefficient (Wildman–Crippen LogP) is 3.82. The first-order valence-corrected chi connectivity index (χ1v) is 14.2. The van der Waals surface area contributed by atoms with Gasteiger partial charge in [0.2, 0.25) is 10.0 Å². The van der Waals surface area contributed by atoms with Crippen molar-refractivity contribution in [3.63, 3.8) is 0 Å². The van der Waals surface area contributed by atoms with Crippen molar-refractivity contribution in [2.75, 3.05) is 11.9 Å². The second-order valence-corrected chi connectivity index (χ2v) is 13.6. The van der Waals surface area contributed by atoms with Crippen molar-refractivity contribution in [2.45, 2.75) is 82.3 Å². The van der Waals surface area contributed by atoms with Crippen molar-refractivity contribution in [1.29, 1.82) is 0 Å². The first kappa shape index (κ1) is 25.8. The predicted molar refractivity (Wildman–Crippen MR) is 138 cm³/mol. The molecule has 190 valence electrons. The van der Waals surface area contributed by atoms with Gasteiger partial charge in [-0.15, -0.1) is 11.3 Å². The summed E-state index contributed by atoms with van der Waals surface area (Å²) in [4.78, 5) is 26.6. The van der Waals surface area contributed by atoms with Crippen LogP contribution in [0.4, 0.5) is 5.00 Å². The summed E-state index contributed by atoms with van der Waals surface area (Å²) in [5.41, 5.74) is 6.63. The summed E-state index contributed by atoms with van der Waals surface area (Å²) in [6.07, 6.45) is 3.32. The molecule has 1 saturated heterocycles. The number of carbonyl (C=O) groups excluding carboxylic acids is 2. The fourth-order valence-corrected chi connectivity index (χ4v) is 8.37. The lowest BCUT2D eigenvalue weighted by Gasteiger charge is -2.42. The Morgan fingerprint density at radius 1 is 1.14 bits per heavy atom. The summed E-state index contributed by atoms with van der Waals surface area (Å²) in [5, 5.41) is 6.85. The van der Waals surface area contributed by atoms with Gasteiger partial charge in [-0.2, -0.15) is 4.31 Å². The van der Waals surface area contributed by atoms with Crippen LogP contribution in [0.1, 0.15) is 85.0 Å². The van der Waals surface area contributed by atoms with Crippen molar-refractivity contribution in [1.82, 2.24) is 9.62 Å². The van der Waals surface area contributed by atoms with E-state index in [0.717, 1.165) is 29.7 Å². The molecule has 4 N–H and O–H groups in total. The number of nitrogens with two attached hydrogens (primary N) is 1. The molecule has 1 fully saturated rings. The van der Waals surface area contributed by atoms with Gasteiger partial charge in [0, 0.05) is 34.1 Å². The van der Waals surface area contributed by atoms with Gasteiger partial charge in [0.15, 0.2) is 0 Å². The normalized spacial score (nSPS) is 21.8. The lowest BCUT2D eigenvalue weighted by atomic mass is 9.81. The van der Waals surface area contributed by atoms with Crippen LogP contribution in [-0.2, 0) is 22.0 Å². The van der Waals surface area contributed by atoms with Crippen LogP contribution >= 0.6 is 11.3 Å². The van der Waals surface area contributed by atoms with Crippen molar-refractivity contribution < 1.29 is 18.0 Å². The molecule has 3 heterocycles. The third kappa shape index (κ3) is 4.89. The first-order chi connectivity index (χ1) is 16.2. The molecule has 0 saturated carbocycles. The fourth-order valence-electron chi connectivity index (χ4n) is 5.39. The summed E-state index contributed by atoms with van der Waals surface area (Å²) in [6, 6.07) is 5.90. The summed E-state index contributed by atoms with van der Waals surface area (Å²) >= 11 is 1.35. The van der Waals surface area contributed by atoms with E-state index in [2.05, 4.69) is 24.5 Å². The molecule has 1 aromatic carbocycles. The second-order valence-electron chi connectivity index (χ2n) is 10.7. The number of nitrogens with one attached hydrogen (secondary N) is 2. The van der Waals surface area contributed by atoms with Gasteiger partial charge in [-0.05, 0) is 83.7 Å². The monoisotopic (exact) mass is 518 g/mol. The molecular weight excluding hydrogens is 484 g/mol. The molecule has 0 unspecified atom stereocenters.